The van der Waals surface area contributed by atoms with Gasteiger partial charge in [-0.2, -0.15) is 11.8 Å². The second-order valence-electron chi connectivity index (χ2n) is 5.33. The van der Waals surface area contributed by atoms with Crippen LogP contribution in [0.15, 0.2) is 0 Å². The van der Waals surface area contributed by atoms with Gasteiger partial charge in [-0.05, 0) is 31.9 Å². The molecule has 0 aromatic carbocycles. The first-order valence-electron chi connectivity index (χ1n) is 6.91. The van der Waals surface area contributed by atoms with Crippen LogP contribution in [0.25, 0.3) is 0 Å². The van der Waals surface area contributed by atoms with Crippen molar-refractivity contribution in [2.45, 2.75) is 30.9 Å². The summed E-state index contributed by atoms with van der Waals surface area (Å²) < 4.78 is 0. The zero-order chi connectivity index (χ0) is 13.8. The van der Waals surface area contributed by atoms with E-state index in [0.29, 0.717) is 24.8 Å². The molecule has 2 aliphatic rings. The molecule has 2 saturated heterocycles. The van der Waals surface area contributed by atoms with Crippen molar-refractivity contribution in [3.63, 3.8) is 0 Å². The number of thioether (sulfide) groups is 1. The first-order valence-corrected chi connectivity index (χ1v) is 8.20. The minimum absolute atomic E-state index is 0.0329. The summed E-state index contributed by atoms with van der Waals surface area (Å²) in [5.41, 5.74) is 0. The second-order valence-corrected chi connectivity index (χ2v) is 6.47. The van der Waals surface area contributed by atoms with Crippen LogP contribution in [0.5, 0.6) is 0 Å². The molecule has 2 heterocycles. The molecule has 1 unspecified atom stereocenters. The molecule has 0 aliphatic carbocycles. The van der Waals surface area contributed by atoms with Gasteiger partial charge in [-0.25, -0.2) is 4.79 Å². The molecule has 6 heteroatoms. The molecule has 0 spiro atoms. The molecule has 1 N–H and O–H groups in total. The third kappa shape index (κ3) is 3.55. The Morgan fingerprint density at radius 2 is 1.79 bits per heavy atom. The van der Waals surface area contributed by atoms with Gasteiger partial charge in [0.05, 0.1) is 5.92 Å². The minimum Gasteiger partial charge on any atom is -0.481 e. The van der Waals surface area contributed by atoms with E-state index < -0.39 is 5.97 Å². The number of urea groups is 1. The van der Waals surface area contributed by atoms with Crippen molar-refractivity contribution in [2.75, 3.05) is 32.4 Å². The summed E-state index contributed by atoms with van der Waals surface area (Å²) in [5, 5.41) is 9.72. The topological polar surface area (TPSA) is 60.9 Å². The monoisotopic (exact) mass is 286 g/mol. The van der Waals surface area contributed by atoms with Crippen LogP contribution in [0.3, 0.4) is 0 Å². The highest BCUT2D eigenvalue weighted by molar-refractivity contribution is 7.99. The van der Waals surface area contributed by atoms with Gasteiger partial charge in [0.2, 0.25) is 0 Å². The van der Waals surface area contributed by atoms with Crippen LogP contribution in [-0.4, -0.2) is 64.6 Å². The molecule has 1 atom stereocenters. The number of aliphatic carboxylic acids is 1. The van der Waals surface area contributed by atoms with Gasteiger partial charge in [-0.3, -0.25) is 4.79 Å². The number of amides is 2. The Balaban J connectivity index is 1.87. The van der Waals surface area contributed by atoms with E-state index in [1.54, 1.807) is 4.90 Å². The first-order chi connectivity index (χ1) is 9.11. The maximum atomic E-state index is 12.4. The predicted octanol–water partition coefficient (Wildman–Crippen LogP) is 1.73. The van der Waals surface area contributed by atoms with Crippen molar-refractivity contribution in [1.29, 1.82) is 0 Å². The number of carbonyl (C=O) groups excluding carboxylic acids is 1. The normalized spacial score (nSPS) is 25.4. The van der Waals surface area contributed by atoms with E-state index in [1.165, 1.54) is 0 Å². The van der Waals surface area contributed by atoms with Gasteiger partial charge in [0, 0.05) is 31.4 Å². The van der Waals surface area contributed by atoms with E-state index in [4.69, 9.17) is 5.11 Å². The van der Waals surface area contributed by atoms with Crippen LogP contribution >= 0.6 is 11.8 Å². The van der Waals surface area contributed by atoms with Crippen molar-refractivity contribution in [2.24, 2.45) is 5.92 Å². The number of hydrogen-bond donors (Lipinski definition) is 1. The number of nitrogens with zero attached hydrogens (tertiary/aromatic N) is 2. The molecule has 2 fully saturated rings. The number of carbonyl (C=O) groups is 2. The number of piperidine rings is 2. The molecule has 2 amide bonds. The Morgan fingerprint density at radius 3 is 2.37 bits per heavy atom. The van der Waals surface area contributed by atoms with E-state index in [1.807, 2.05) is 16.7 Å². The van der Waals surface area contributed by atoms with Crippen LogP contribution in [0, 0.1) is 5.92 Å². The number of carboxylic acids is 1. The molecular formula is C13H22N2O3S. The Morgan fingerprint density at radius 1 is 1.11 bits per heavy atom. The third-order valence-electron chi connectivity index (χ3n) is 4.09. The molecule has 0 radical (unpaired) electrons. The highest BCUT2D eigenvalue weighted by Gasteiger charge is 2.31. The summed E-state index contributed by atoms with van der Waals surface area (Å²) in [4.78, 5) is 27.0. The van der Waals surface area contributed by atoms with E-state index in [2.05, 4.69) is 6.26 Å². The molecule has 2 rings (SSSR count). The summed E-state index contributed by atoms with van der Waals surface area (Å²) in [6.45, 7) is 2.68. The number of hydrogen-bond acceptors (Lipinski definition) is 3. The van der Waals surface area contributed by atoms with Crippen molar-refractivity contribution in [3.8, 4) is 0 Å². The third-order valence-corrected chi connectivity index (χ3v) is 5.23. The maximum absolute atomic E-state index is 12.4. The Bertz CT molecular complexity index is 343. The van der Waals surface area contributed by atoms with Crippen molar-refractivity contribution < 1.29 is 14.7 Å². The van der Waals surface area contributed by atoms with Gasteiger partial charge in [-0.15, -0.1) is 0 Å². The van der Waals surface area contributed by atoms with Gasteiger partial charge in [-0.1, -0.05) is 0 Å². The molecule has 0 aromatic heterocycles. The lowest BCUT2D eigenvalue weighted by Gasteiger charge is -2.38. The zero-order valence-electron chi connectivity index (χ0n) is 11.4. The predicted molar refractivity (Wildman–Crippen MR) is 75.4 cm³/mol. The van der Waals surface area contributed by atoms with Crippen LogP contribution in [0.4, 0.5) is 4.79 Å². The largest absolute Gasteiger partial charge is 0.481 e. The van der Waals surface area contributed by atoms with Gasteiger partial charge >= 0.3 is 12.0 Å². The van der Waals surface area contributed by atoms with E-state index >= 15 is 0 Å². The van der Waals surface area contributed by atoms with Crippen molar-refractivity contribution in [1.82, 2.24) is 9.80 Å². The van der Waals surface area contributed by atoms with Crippen LogP contribution in [0.2, 0.25) is 0 Å². The van der Waals surface area contributed by atoms with Gasteiger partial charge in [0.1, 0.15) is 0 Å². The minimum atomic E-state index is -0.779. The molecule has 0 saturated carbocycles. The van der Waals surface area contributed by atoms with E-state index in [9.17, 15) is 9.59 Å². The summed E-state index contributed by atoms with van der Waals surface area (Å²) in [7, 11) is 0. The number of carboxylic acid groups (broad SMARTS) is 1. The quantitative estimate of drug-likeness (QED) is 0.840. The van der Waals surface area contributed by atoms with Crippen LogP contribution in [-0.2, 0) is 4.79 Å². The molecule has 0 bridgehead atoms. The van der Waals surface area contributed by atoms with Crippen LogP contribution in [0.1, 0.15) is 25.7 Å². The first kappa shape index (κ1) is 14.5. The van der Waals surface area contributed by atoms with E-state index in [0.717, 1.165) is 32.4 Å². The summed E-state index contributed by atoms with van der Waals surface area (Å²) >= 11 is 1.87. The highest BCUT2D eigenvalue weighted by Crippen LogP contribution is 2.23. The second kappa shape index (κ2) is 6.50. The highest BCUT2D eigenvalue weighted by atomic mass is 32.2. The summed E-state index contributed by atoms with van der Waals surface area (Å²) in [5.74, 6) is -1.17. The van der Waals surface area contributed by atoms with Gasteiger partial charge < -0.3 is 14.9 Å². The zero-order valence-corrected chi connectivity index (χ0v) is 12.2. The molecule has 2 aliphatic heterocycles. The fourth-order valence-corrected chi connectivity index (χ4v) is 3.52. The van der Waals surface area contributed by atoms with Crippen LogP contribution < -0.4 is 0 Å². The van der Waals surface area contributed by atoms with Gasteiger partial charge in [0.25, 0.3) is 0 Å². The van der Waals surface area contributed by atoms with Crippen molar-refractivity contribution in [3.05, 3.63) is 0 Å². The molecule has 5 nitrogen and oxygen atoms in total. The SMILES string of the molecule is CSC1CCN(C(=O)N2CCCC(C(=O)O)C2)CC1. The smallest absolute Gasteiger partial charge is 0.320 e. The Labute approximate surface area is 118 Å². The maximum Gasteiger partial charge on any atom is 0.320 e. The van der Waals surface area contributed by atoms with E-state index in [-0.39, 0.29) is 11.9 Å². The Hall–Kier alpha value is -0.910. The van der Waals surface area contributed by atoms with Crippen molar-refractivity contribution >= 4 is 23.8 Å². The molecular weight excluding hydrogens is 264 g/mol. The lowest BCUT2D eigenvalue weighted by Crippen LogP contribution is -2.51. The summed E-state index contributed by atoms with van der Waals surface area (Å²) in [6.07, 6.45) is 5.69. The Kier molecular flexibility index (Phi) is 4.96. The fourth-order valence-electron chi connectivity index (χ4n) is 2.84. The molecule has 19 heavy (non-hydrogen) atoms. The molecule has 108 valence electrons. The standard InChI is InChI=1S/C13H22N2O3S/c1-19-11-4-7-14(8-5-11)13(18)15-6-2-3-10(9-15)12(16)17/h10-11H,2-9H2,1H3,(H,16,17). The number of rotatable bonds is 2. The average Bonchev–Trinajstić information content (AvgIpc) is 2.46. The lowest BCUT2D eigenvalue weighted by molar-refractivity contribution is -0.143. The van der Waals surface area contributed by atoms with Gasteiger partial charge in [0.15, 0.2) is 0 Å². The summed E-state index contributed by atoms with van der Waals surface area (Å²) in [6, 6.07) is 0.0329. The average molecular weight is 286 g/mol. The lowest BCUT2D eigenvalue weighted by atomic mass is 9.98. The molecule has 0 aromatic rings. The number of likely N-dealkylation sites (tertiary alicyclic amines) is 2. The fraction of sp³-hybridized carbons (Fsp3) is 0.846.